The summed E-state index contributed by atoms with van der Waals surface area (Å²) < 4.78 is 10.4. The molecule has 0 unspecified atom stereocenters. The van der Waals surface area contributed by atoms with Gasteiger partial charge < -0.3 is 14.4 Å². The van der Waals surface area contributed by atoms with Gasteiger partial charge >= 0.3 is 6.09 Å². The van der Waals surface area contributed by atoms with Crippen LogP contribution in [-0.2, 0) is 14.3 Å². The maximum atomic E-state index is 12.8. The van der Waals surface area contributed by atoms with Crippen molar-refractivity contribution in [3.63, 3.8) is 0 Å². The van der Waals surface area contributed by atoms with Gasteiger partial charge in [-0.05, 0) is 32.8 Å². The van der Waals surface area contributed by atoms with Crippen LogP contribution < -0.4 is 4.74 Å². The first-order valence-corrected chi connectivity index (χ1v) is 8.32. The molecule has 2 heterocycles. The van der Waals surface area contributed by atoms with Gasteiger partial charge in [-0.25, -0.2) is 9.69 Å². The van der Waals surface area contributed by atoms with E-state index in [-0.39, 0.29) is 18.5 Å². The van der Waals surface area contributed by atoms with E-state index in [1.54, 1.807) is 12.0 Å². The van der Waals surface area contributed by atoms with Crippen molar-refractivity contribution in [2.24, 2.45) is 0 Å². The average molecular weight is 346 g/mol. The molecule has 2 aliphatic rings. The fourth-order valence-corrected chi connectivity index (χ4v) is 3.42. The third-order valence-corrected chi connectivity index (χ3v) is 4.69. The number of likely N-dealkylation sites (tertiary alicyclic amines) is 1. The Morgan fingerprint density at radius 2 is 2.04 bits per heavy atom. The number of rotatable bonds is 4. The lowest BCUT2D eigenvalue weighted by atomic mass is 10.0. The van der Waals surface area contributed by atoms with Crippen LogP contribution in [0.15, 0.2) is 24.3 Å². The molecular weight excluding hydrogens is 324 g/mol. The van der Waals surface area contributed by atoms with E-state index < -0.39 is 17.6 Å². The van der Waals surface area contributed by atoms with Crippen LogP contribution in [0.5, 0.6) is 5.75 Å². The van der Waals surface area contributed by atoms with Crippen LogP contribution in [0, 0.1) is 0 Å². The molecular formula is C18H22N2O5. The highest BCUT2D eigenvalue weighted by molar-refractivity contribution is 6.04. The highest BCUT2D eigenvalue weighted by Crippen LogP contribution is 2.37. The summed E-state index contributed by atoms with van der Waals surface area (Å²) >= 11 is 0. The molecule has 2 aliphatic heterocycles. The number of hydrogen-bond donors (Lipinski definition) is 0. The number of carbonyl (C=O) groups is 3. The molecule has 0 bridgehead atoms. The van der Waals surface area contributed by atoms with Crippen molar-refractivity contribution in [2.75, 3.05) is 20.2 Å². The summed E-state index contributed by atoms with van der Waals surface area (Å²) in [7, 11) is 1.60. The minimum atomic E-state index is -1.22. The van der Waals surface area contributed by atoms with Crippen LogP contribution in [0.2, 0.25) is 0 Å². The number of nitrogens with zero attached hydrogens (tertiary/aromatic N) is 2. The standard InChI is InChI=1S/C18H22N2O5/c1-18(2)16(22)20(17(23)25-18)11-15(21)19-10-6-8-13(19)12-7-4-5-9-14(12)24-3/h4-5,7,9,13H,6,8,10-11H2,1-3H3/t13-/m0/s1. The number of carbonyl (C=O) groups excluding carboxylic acids is 3. The second-order valence-corrected chi connectivity index (χ2v) is 6.76. The maximum Gasteiger partial charge on any atom is 0.418 e. The summed E-state index contributed by atoms with van der Waals surface area (Å²) in [6.07, 6.45) is 0.908. The second-order valence-electron chi connectivity index (χ2n) is 6.76. The van der Waals surface area contributed by atoms with E-state index in [1.807, 2.05) is 24.3 Å². The number of cyclic esters (lactones) is 1. The fraction of sp³-hybridized carbons (Fsp3) is 0.500. The van der Waals surface area contributed by atoms with E-state index in [1.165, 1.54) is 13.8 Å². The van der Waals surface area contributed by atoms with Crippen molar-refractivity contribution in [3.8, 4) is 5.75 Å². The normalized spacial score (nSPS) is 22.3. The lowest BCUT2D eigenvalue weighted by Gasteiger charge is -2.27. The van der Waals surface area contributed by atoms with Gasteiger partial charge in [0.25, 0.3) is 5.91 Å². The summed E-state index contributed by atoms with van der Waals surface area (Å²) in [5.41, 5.74) is -0.281. The van der Waals surface area contributed by atoms with Crippen molar-refractivity contribution in [3.05, 3.63) is 29.8 Å². The van der Waals surface area contributed by atoms with Crippen molar-refractivity contribution in [2.45, 2.75) is 38.3 Å². The number of methoxy groups -OCH3 is 1. The van der Waals surface area contributed by atoms with Crippen LogP contribution in [0.4, 0.5) is 4.79 Å². The first-order valence-electron chi connectivity index (χ1n) is 8.32. The third-order valence-electron chi connectivity index (χ3n) is 4.69. The van der Waals surface area contributed by atoms with E-state index in [0.29, 0.717) is 6.54 Å². The Balaban J connectivity index is 1.78. The molecule has 1 atom stereocenters. The molecule has 3 rings (SSSR count). The molecule has 0 radical (unpaired) electrons. The molecule has 1 aromatic carbocycles. The van der Waals surface area contributed by atoms with Crippen LogP contribution in [0.25, 0.3) is 0 Å². The predicted molar refractivity (Wildman–Crippen MR) is 89.0 cm³/mol. The second kappa shape index (κ2) is 6.38. The van der Waals surface area contributed by atoms with E-state index in [2.05, 4.69) is 0 Å². The highest BCUT2D eigenvalue weighted by Gasteiger charge is 2.48. The molecule has 0 spiro atoms. The molecule has 25 heavy (non-hydrogen) atoms. The van der Waals surface area contributed by atoms with Gasteiger partial charge in [0, 0.05) is 12.1 Å². The summed E-state index contributed by atoms with van der Waals surface area (Å²) in [6, 6.07) is 7.46. The molecule has 0 saturated carbocycles. The molecule has 2 saturated heterocycles. The van der Waals surface area contributed by atoms with E-state index >= 15 is 0 Å². The van der Waals surface area contributed by atoms with Crippen molar-refractivity contribution in [1.29, 1.82) is 0 Å². The monoisotopic (exact) mass is 346 g/mol. The Morgan fingerprint density at radius 1 is 1.32 bits per heavy atom. The Hall–Kier alpha value is -2.57. The fourth-order valence-electron chi connectivity index (χ4n) is 3.42. The van der Waals surface area contributed by atoms with E-state index in [4.69, 9.17) is 9.47 Å². The molecule has 1 aromatic rings. The Morgan fingerprint density at radius 3 is 2.68 bits per heavy atom. The van der Waals surface area contributed by atoms with Gasteiger partial charge in [0.15, 0.2) is 5.60 Å². The smallest absolute Gasteiger partial charge is 0.418 e. The quantitative estimate of drug-likeness (QED) is 0.835. The maximum absolute atomic E-state index is 12.8. The first-order chi connectivity index (χ1) is 11.8. The minimum absolute atomic E-state index is 0.120. The minimum Gasteiger partial charge on any atom is -0.496 e. The Kier molecular flexibility index (Phi) is 4.41. The number of imide groups is 1. The highest BCUT2D eigenvalue weighted by atomic mass is 16.6. The van der Waals surface area contributed by atoms with Gasteiger partial charge in [-0.1, -0.05) is 18.2 Å². The van der Waals surface area contributed by atoms with Gasteiger partial charge in [0.2, 0.25) is 5.91 Å². The summed E-state index contributed by atoms with van der Waals surface area (Å²) in [4.78, 5) is 39.5. The average Bonchev–Trinajstić information content (AvgIpc) is 3.13. The molecule has 134 valence electrons. The third kappa shape index (κ3) is 3.06. The zero-order valence-corrected chi connectivity index (χ0v) is 14.7. The number of amides is 3. The summed E-state index contributed by atoms with van der Waals surface area (Å²) in [5, 5.41) is 0. The van der Waals surface area contributed by atoms with Crippen molar-refractivity contribution < 1.29 is 23.9 Å². The zero-order chi connectivity index (χ0) is 18.2. The van der Waals surface area contributed by atoms with Crippen LogP contribution in [0.1, 0.15) is 38.3 Å². The molecule has 0 N–H and O–H groups in total. The number of hydrogen-bond acceptors (Lipinski definition) is 5. The van der Waals surface area contributed by atoms with Crippen LogP contribution in [0.3, 0.4) is 0 Å². The Labute approximate surface area is 146 Å². The number of benzene rings is 1. The molecule has 0 aromatic heterocycles. The summed E-state index contributed by atoms with van der Waals surface area (Å²) in [5.74, 6) is -0.0275. The van der Waals surface area contributed by atoms with Crippen molar-refractivity contribution >= 4 is 17.9 Å². The lowest BCUT2D eigenvalue weighted by molar-refractivity contribution is -0.140. The molecule has 7 heteroatoms. The van der Waals surface area contributed by atoms with Crippen LogP contribution >= 0.6 is 0 Å². The van der Waals surface area contributed by atoms with Crippen LogP contribution in [-0.4, -0.2) is 53.5 Å². The molecule has 3 amide bonds. The van der Waals surface area contributed by atoms with Gasteiger partial charge in [0.05, 0.1) is 13.2 Å². The largest absolute Gasteiger partial charge is 0.496 e. The topological polar surface area (TPSA) is 76.2 Å². The molecule has 7 nitrogen and oxygen atoms in total. The summed E-state index contributed by atoms with van der Waals surface area (Å²) in [6.45, 7) is 3.32. The zero-order valence-electron chi connectivity index (χ0n) is 14.7. The molecule has 0 aliphatic carbocycles. The lowest BCUT2D eigenvalue weighted by Crippen LogP contribution is -2.44. The van der Waals surface area contributed by atoms with Gasteiger partial charge in [-0.2, -0.15) is 0 Å². The van der Waals surface area contributed by atoms with Crippen molar-refractivity contribution in [1.82, 2.24) is 9.80 Å². The number of ether oxygens (including phenoxy) is 2. The van der Waals surface area contributed by atoms with E-state index in [0.717, 1.165) is 29.1 Å². The first kappa shape index (κ1) is 17.3. The predicted octanol–water partition coefficient (Wildman–Crippen LogP) is 2.12. The van der Waals surface area contributed by atoms with Gasteiger partial charge in [-0.3, -0.25) is 9.59 Å². The van der Waals surface area contributed by atoms with Gasteiger partial charge in [-0.15, -0.1) is 0 Å². The van der Waals surface area contributed by atoms with Gasteiger partial charge in [0.1, 0.15) is 12.3 Å². The van der Waals surface area contributed by atoms with E-state index in [9.17, 15) is 14.4 Å². The number of para-hydroxylation sites is 1. The SMILES string of the molecule is COc1ccccc1[C@@H]1CCCN1C(=O)CN1C(=O)OC(C)(C)C1=O. The Bertz CT molecular complexity index is 715. The molecule has 2 fully saturated rings.